The maximum atomic E-state index is 13.9. The fraction of sp³-hybridized carbons (Fsp3) is 0.183. The van der Waals surface area contributed by atoms with E-state index in [1.165, 1.54) is 18.2 Å². The Kier molecular flexibility index (Phi) is 21.3. The van der Waals surface area contributed by atoms with E-state index in [1.807, 2.05) is 55.5 Å². The predicted molar refractivity (Wildman–Crippen MR) is 314 cm³/mol. The molecule has 19 nitrogen and oxygen atoms in total. The number of carbonyl (C=O) groups is 1. The van der Waals surface area contributed by atoms with Crippen molar-refractivity contribution >= 4 is 58.0 Å². The molecule has 84 heavy (non-hydrogen) atoms. The Morgan fingerprint density at radius 3 is 1.48 bits per heavy atom. The van der Waals surface area contributed by atoms with Crippen molar-refractivity contribution in [1.82, 2.24) is 0 Å². The van der Waals surface area contributed by atoms with E-state index < -0.39 is 50.9 Å². The molecular weight excluding hydrogens is 1180 g/mol. The summed E-state index contributed by atoms with van der Waals surface area (Å²) in [5.41, 5.74) is 5.54. The number of sulfone groups is 1. The van der Waals surface area contributed by atoms with Crippen LogP contribution in [0.4, 0.5) is 0 Å². The molecule has 442 valence electrons. The monoisotopic (exact) mass is 1240 g/mol. The average molecular weight is 1240 g/mol. The fourth-order valence-corrected chi connectivity index (χ4v) is 11.5. The lowest BCUT2D eigenvalue weighted by atomic mass is 9.65. The molecule has 0 aromatic heterocycles. The molecule has 0 amide bonds. The zero-order valence-corrected chi connectivity index (χ0v) is 49.6. The minimum atomic E-state index is -4.85. The van der Waals surface area contributed by atoms with Gasteiger partial charge in [0.15, 0.2) is 5.78 Å². The van der Waals surface area contributed by atoms with E-state index in [4.69, 9.17) is 37.6 Å². The van der Waals surface area contributed by atoms with Crippen molar-refractivity contribution in [2.45, 2.75) is 70.6 Å². The van der Waals surface area contributed by atoms with Crippen LogP contribution in [-0.4, -0.2) is 78.0 Å². The summed E-state index contributed by atoms with van der Waals surface area (Å²) < 4.78 is 142. The summed E-state index contributed by atoms with van der Waals surface area (Å²) in [6.07, 6.45) is 6.62. The lowest BCUT2D eigenvalue weighted by Gasteiger charge is -2.38. The first-order valence-electron chi connectivity index (χ1n) is 25.4. The zero-order chi connectivity index (χ0) is 60.9. The van der Waals surface area contributed by atoms with Crippen LogP contribution in [0.1, 0.15) is 70.3 Å². The molecule has 1 fully saturated rings. The Balaban J connectivity index is 0.000000934. The van der Waals surface area contributed by atoms with E-state index in [0.29, 0.717) is 58.0 Å². The largest absolute Gasteiger partial charge is 0.497 e. The molecular formula is C60H58O19S5. The molecule has 0 heterocycles. The highest BCUT2D eigenvalue weighted by Gasteiger charge is 2.36. The maximum absolute atomic E-state index is 13.9. The van der Waals surface area contributed by atoms with Gasteiger partial charge in [0.05, 0.1) is 41.5 Å². The number of ether oxygens (including phenoxy) is 4. The van der Waals surface area contributed by atoms with E-state index in [0.717, 1.165) is 71.7 Å². The van der Waals surface area contributed by atoms with E-state index in [9.17, 15) is 43.0 Å². The first-order valence-corrected chi connectivity index (χ1v) is 32.7. The van der Waals surface area contributed by atoms with Gasteiger partial charge in [-0.25, -0.2) is 13.7 Å². The molecule has 0 bridgehead atoms. The van der Waals surface area contributed by atoms with Crippen molar-refractivity contribution in [2.75, 3.05) is 19.6 Å². The summed E-state index contributed by atoms with van der Waals surface area (Å²) in [5, 5.41) is 12.9. The molecule has 24 heteroatoms. The van der Waals surface area contributed by atoms with Gasteiger partial charge in [-0.15, -0.1) is 4.33 Å². The first kappa shape index (κ1) is 64.1. The van der Waals surface area contributed by atoms with Gasteiger partial charge in [0, 0.05) is 27.0 Å². The van der Waals surface area contributed by atoms with Gasteiger partial charge in [0.1, 0.15) is 46.0 Å². The summed E-state index contributed by atoms with van der Waals surface area (Å²) in [7, 11) is -14.3. The normalized spacial score (nSPS) is 13.2. The molecule has 8 aromatic carbocycles. The van der Waals surface area contributed by atoms with Crippen LogP contribution in [-0.2, 0) is 61.6 Å². The van der Waals surface area contributed by atoms with Crippen LogP contribution in [0.5, 0.6) is 34.5 Å². The van der Waals surface area contributed by atoms with Crippen LogP contribution < -0.4 is 18.9 Å². The second-order valence-corrected chi connectivity index (χ2v) is 26.2. The van der Waals surface area contributed by atoms with Crippen LogP contribution in [0.25, 0.3) is 11.1 Å². The number of aryl methyl sites for hydroxylation is 1. The number of hydrogen-bond donors (Lipinski definition) is 4. The molecule has 0 saturated heterocycles. The highest BCUT2D eigenvalue weighted by atomic mass is 32.2. The summed E-state index contributed by atoms with van der Waals surface area (Å²) in [6, 6.07) is 52.1. The minimum Gasteiger partial charge on any atom is -0.497 e. The van der Waals surface area contributed by atoms with Crippen LogP contribution in [0.15, 0.2) is 202 Å². The van der Waals surface area contributed by atoms with Crippen molar-refractivity contribution in [3.05, 3.63) is 215 Å². The molecule has 0 atom stereocenters. The van der Waals surface area contributed by atoms with E-state index in [2.05, 4.69) is 29.3 Å². The number of hydrogen-bond acceptors (Lipinski definition) is 17. The standard InChI is InChI=1S/C58H50O13S3.2CH4O3S/c1-39-6-29-52(30-7-39)73(61,62)53-31-27-50(28-32-53)68-49-25-17-46(18-26-49)58(34-4-3-5-35-58)45-15-23-48(24-16-45)67-38-44-9-8-42(36-55(44)72-71-70-60)57(59)43-14-33-54(56(37-43)74(63,64)65)69-51-21-12-41(13-22-51)40-10-19-47(66-2)20-11-40;2*1-5(2,3)4/h6-33,36-37,60H,3-5,34-35,38H2,1-2H3,(H,63,64,65);2*1H3,(H,2,3,4). The Morgan fingerprint density at radius 2 is 0.976 bits per heavy atom. The van der Waals surface area contributed by atoms with Crippen LogP contribution >= 0.6 is 12.0 Å². The lowest BCUT2D eigenvalue weighted by Crippen LogP contribution is -2.30. The Hall–Kier alpha value is -7.46. The molecule has 4 N–H and O–H groups in total. The van der Waals surface area contributed by atoms with Crippen molar-refractivity contribution in [3.63, 3.8) is 0 Å². The van der Waals surface area contributed by atoms with E-state index in [1.54, 1.807) is 92.0 Å². The van der Waals surface area contributed by atoms with Gasteiger partial charge in [-0.2, -0.15) is 25.3 Å². The van der Waals surface area contributed by atoms with Crippen LogP contribution in [0.3, 0.4) is 0 Å². The fourth-order valence-electron chi connectivity index (χ4n) is 9.12. The lowest BCUT2D eigenvalue weighted by molar-refractivity contribution is -0.432. The van der Waals surface area contributed by atoms with Gasteiger partial charge in [-0.1, -0.05) is 103 Å². The molecule has 0 spiro atoms. The zero-order valence-electron chi connectivity index (χ0n) is 45.5. The minimum absolute atomic E-state index is 0.0445. The van der Waals surface area contributed by atoms with Crippen molar-refractivity contribution in [1.29, 1.82) is 0 Å². The molecule has 9 rings (SSSR count). The van der Waals surface area contributed by atoms with Crippen molar-refractivity contribution in [3.8, 4) is 45.6 Å². The second kappa shape index (κ2) is 28.0. The molecule has 1 aliphatic rings. The Morgan fingerprint density at radius 1 is 0.536 bits per heavy atom. The number of ketones is 1. The highest BCUT2D eigenvalue weighted by molar-refractivity contribution is 7.94. The maximum Gasteiger partial charge on any atom is 0.298 e. The summed E-state index contributed by atoms with van der Waals surface area (Å²) in [4.78, 5) is 14.1. The third kappa shape index (κ3) is 18.0. The van der Waals surface area contributed by atoms with Crippen molar-refractivity contribution < 1.29 is 85.7 Å². The van der Waals surface area contributed by atoms with E-state index in [-0.39, 0.29) is 38.7 Å². The number of rotatable bonds is 19. The topological polar surface area (TPSA) is 290 Å². The molecule has 0 unspecified atom stereocenters. The highest BCUT2D eigenvalue weighted by Crippen LogP contribution is 2.46. The quantitative estimate of drug-likeness (QED) is 0.0192. The molecule has 1 saturated carbocycles. The second-order valence-electron chi connectivity index (χ2n) is 19.2. The summed E-state index contributed by atoms with van der Waals surface area (Å²) >= 11 is 0.645. The summed E-state index contributed by atoms with van der Waals surface area (Å²) in [6.45, 7) is 1.95. The Labute approximate surface area is 492 Å². The smallest absolute Gasteiger partial charge is 0.298 e. The molecule has 0 radical (unpaired) electrons. The number of methoxy groups -OCH3 is 1. The van der Waals surface area contributed by atoms with Gasteiger partial charge in [-0.3, -0.25) is 18.5 Å². The molecule has 0 aliphatic heterocycles. The SMILES string of the molecule is COc1ccc(-c2ccc(Oc3ccc(C(=O)c4ccc(COc5ccc(C6(c7ccc(Oc8ccc(S(=O)(=O)c9ccc(C)cc9)cc8)cc7)CCCCC6)cc5)c(SOOO)c4)cc3S(=O)(=O)O)cc2)cc1.CS(=O)(=O)O.CS(=O)(=O)O. The van der Waals surface area contributed by atoms with Crippen molar-refractivity contribution in [2.24, 2.45) is 0 Å². The third-order valence-electron chi connectivity index (χ3n) is 13.1. The Bertz CT molecular complexity index is 3960. The van der Waals surface area contributed by atoms with Gasteiger partial charge in [0.2, 0.25) is 9.84 Å². The van der Waals surface area contributed by atoms with E-state index >= 15 is 0 Å². The third-order valence-corrected chi connectivity index (χ3v) is 16.4. The predicted octanol–water partition coefficient (Wildman–Crippen LogP) is 12.8. The number of benzene rings is 8. The average Bonchev–Trinajstić information content (AvgIpc) is 3.17. The van der Waals surface area contributed by atoms with Crippen LogP contribution in [0, 0.1) is 6.92 Å². The summed E-state index contributed by atoms with van der Waals surface area (Å²) in [5.74, 6) is 1.99. The van der Waals surface area contributed by atoms with Gasteiger partial charge < -0.3 is 18.9 Å². The molecule has 1 aliphatic carbocycles. The van der Waals surface area contributed by atoms with Gasteiger partial charge in [0.25, 0.3) is 30.4 Å². The van der Waals surface area contributed by atoms with Gasteiger partial charge >= 0.3 is 0 Å². The van der Waals surface area contributed by atoms with Crippen LogP contribution in [0.2, 0.25) is 0 Å². The molecule has 8 aromatic rings. The number of carbonyl (C=O) groups excluding carboxylic acids is 1. The van der Waals surface area contributed by atoms with Gasteiger partial charge in [-0.05, 0) is 151 Å². The first-order chi connectivity index (χ1) is 39.7.